The molecule has 0 radical (unpaired) electrons. The number of aromatic nitrogens is 1. The summed E-state index contributed by atoms with van der Waals surface area (Å²) in [6.45, 7) is 3.64. The van der Waals surface area contributed by atoms with E-state index in [0.29, 0.717) is 17.0 Å². The first-order chi connectivity index (χ1) is 10.5. The summed E-state index contributed by atoms with van der Waals surface area (Å²) in [5.41, 5.74) is -1.18. The smallest absolute Gasteiger partial charge is 0.345 e. The van der Waals surface area contributed by atoms with E-state index in [9.17, 15) is 19.8 Å². The Morgan fingerprint density at radius 3 is 2.41 bits per heavy atom. The van der Waals surface area contributed by atoms with E-state index in [1.54, 1.807) is 0 Å². The van der Waals surface area contributed by atoms with E-state index in [4.69, 9.17) is 9.47 Å². The van der Waals surface area contributed by atoms with Gasteiger partial charge in [0.25, 0.3) is 5.56 Å². The van der Waals surface area contributed by atoms with Gasteiger partial charge in [-0.3, -0.25) is 4.79 Å². The lowest BCUT2D eigenvalue weighted by Crippen LogP contribution is -2.26. The van der Waals surface area contributed by atoms with Crippen LogP contribution in [0.4, 0.5) is 0 Å². The number of carboxylic acid groups (broad SMARTS) is 1. The molecule has 7 nitrogen and oxygen atoms in total. The fourth-order valence-corrected chi connectivity index (χ4v) is 2.26. The van der Waals surface area contributed by atoms with E-state index < -0.39 is 22.8 Å². The highest BCUT2D eigenvalue weighted by Gasteiger charge is 2.23. The number of methoxy groups -OCH3 is 2. The van der Waals surface area contributed by atoms with Gasteiger partial charge in [0.05, 0.1) is 19.7 Å². The Labute approximate surface area is 125 Å². The normalized spacial score (nSPS) is 10.5. The number of allylic oxidation sites excluding steroid dienone is 1. The second-order valence-electron chi connectivity index (χ2n) is 4.46. The number of aromatic hydroxyl groups is 1. The summed E-state index contributed by atoms with van der Waals surface area (Å²) >= 11 is 0. The molecule has 0 spiro atoms. The van der Waals surface area contributed by atoms with Crippen molar-refractivity contribution in [3.8, 4) is 17.2 Å². The van der Waals surface area contributed by atoms with Crippen molar-refractivity contribution in [1.82, 2.24) is 4.57 Å². The van der Waals surface area contributed by atoms with Crippen molar-refractivity contribution in [1.29, 1.82) is 0 Å². The van der Waals surface area contributed by atoms with Gasteiger partial charge in [0.15, 0.2) is 17.1 Å². The number of ether oxygens (including phenoxy) is 2. The second kappa shape index (κ2) is 5.80. The molecule has 0 saturated heterocycles. The van der Waals surface area contributed by atoms with E-state index in [1.165, 1.54) is 37.0 Å². The molecule has 1 heterocycles. The van der Waals surface area contributed by atoms with Gasteiger partial charge in [0.2, 0.25) is 0 Å². The topological polar surface area (TPSA) is 98.0 Å². The van der Waals surface area contributed by atoms with Crippen molar-refractivity contribution >= 4 is 16.9 Å². The van der Waals surface area contributed by atoms with Crippen LogP contribution >= 0.6 is 0 Å². The first-order valence-corrected chi connectivity index (χ1v) is 6.31. The predicted octanol–water partition coefficient (Wildman–Crippen LogP) is 1.61. The van der Waals surface area contributed by atoms with Gasteiger partial charge in [-0.2, -0.15) is 0 Å². The quantitative estimate of drug-likeness (QED) is 0.814. The van der Waals surface area contributed by atoms with Crippen molar-refractivity contribution < 1.29 is 24.5 Å². The highest BCUT2D eigenvalue weighted by Crippen LogP contribution is 2.36. The third-order valence-electron chi connectivity index (χ3n) is 3.27. The molecule has 0 fully saturated rings. The number of fused-ring (bicyclic) bond motifs is 1. The first kappa shape index (κ1) is 15.4. The van der Waals surface area contributed by atoms with Crippen LogP contribution in [0.5, 0.6) is 17.2 Å². The maximum absolute atomic E-state index is 12.3. The van der Waals surface area contributed by atoms with E-state index in [2.05, 4.69) is 6.58 Å². The van der Waals surface area contributed by atoms with Gasteiger partial charge < -0.3 is 24.3 Å². The van der Waals surface area contributed by atoms with Gasteiger partial charge in [-0.1, -0.05) is 6.08 Å². The van der Waals surface area contributed by atoms with Crippen LogP contribution < -0.4 is 15.0 Å². The van der Waals surface area contributed by atoms with Crippen LogP contribution in [0.2, 0.25) is 0 Å². The number of hydrogen-bond donors (Lipinski definition) is 2. The van der Waals surface area contributed by atoms with E-state index in [0.717, 1.165) is 0 Å². The molecular weight excluding hydrogens is 290 g/mol. The molecule has 2 aromatic rings. The summed E-state index contributed by atoms with van der Waals surface area (Å²) in [6, 6.07) is 2.93. The van der Waals surface area contributed by atoms with Gasteiger partial charge in [-0.25, -0.2) is 4.79 Å². The Kier molecular flexibility index (Phi) is 4.07. The second-order valence-corrected chi connectivity index (χ2v) is 4.46. The first-order valence-electron chi connectivity index (χ1n) is 6.31. The summed E-state index contributed by atoms with van der Waals surface area (Å²) < 4.78 is 11.5. The standard InChI is InChI=1S/C15H15NO6/c1-4-5-16-9-7-11(22-3)10(21-2)6-8(9)13(17)12(14(16)18)15(19)20/h4,6-7,17H,1,5H2,2-3H3,(H,19,20). The molecule has 7 heteroatoms. The monoisotopic (exact) mass is 305 g/mol. The number of aromatic carboxylic acids is 1. The number of rotatable bonds is 5. The average molecular weight is 305 g/mol. The molecule has 2 N–H and O–H groups in total. The zero-order valence-corrected chi connectivity index (χ0v) is 12.1. The van der Waals surface area contributed by atoms with Gasteiger partial charge in [-0.05, 0) is 6.07 Å². The van der Waals surface area contributed by atoms with Crippen LogP contribution in [0.15, 0.2) is 29.6 Å². The van der Waals surface area contributed by atoms with E-state index in [1.807, 2.05) is 0 Å². The fourth-order valence-electron chi connectivity index (χ4n) is 2.26. The molecule has 0 bridgehead atoms. The van der Waals surface area contributed by atoms with Crippen molar-refractivity contribution in [3.63, 3.8) is 0 Å². The Balaban J connectivity index is 3.03. The third kappa shape index (κ3) is 2.26. The predicted molar refractivity (Wildman–Crippen MR) is 80.1 cm³/mol. The summed E-state index contributed by atoms with van der Waals surface area (Å²) in [5.74, 6) is -1.44. The van der Waals surface area contributed by atoms with Gasteiger partial charge in [0.1, 0.15) is 5.75 Å². The SMILES string of the molecule is C=CCn1c(=O)c(C(=O)O)c(O)c2cc(OC)c(OC)cc21. The molecular formula is C15H15NO6. The lowest BCUT2D eigenvalue weighted by atomic mass is 10.1. The molecule has 0 amide bonds. The largest absolute Gasteiger partial charge is 0.506 e. The molecule has 1 aromatic heterocycles. The molecule has 0 aliphatic rings. The minimum absolute atomic E-state index is 0.0887. The number of nitrogens with zero attached hydrogens (tertiary/aromatic N) is 1. The summed E-state index contributed by atoms with van der Waals surface area (Å²) in [4.78, 5) is 23.6. The molecule has 0 atom stereocenters. The zero-order chi connectivity index (χ0) is 16.4. The van der Waals surface area contributed by atoms with Crippen molar-refractivity contribution in [2.45, 2.75) is 6.54 Å². The molecule has 1 aromatic carbocycles. The number of hydrogen-bond acceptors (Lipinski definition) is 5. The molecule has 0 aliphatic carbocycles. The fraction of sp³-hybridized carbons (Fsp3) is 0.200. The highest BCUT2D eigenvalue weighted by molar-refractivity contribution is 5.99. The van der Waals surface area contributed by atoms with Crippen LogP contribution in [0.25, 0.3) is 10.9 Å². The van der Waals surface area contributed by atoms with Crippen LogP contribution in [-0.2, 0) is 6.54 Å². The number of benzene rings is 1. The van der Waals surface area contributed by atoms with Gasteiger partial charge in [-0.15, -0.1) is 6.58 Å². The van der Waals surface area contributed by atoms with E-state index in [-0.39, 0.29) is 11.9 Å². The maximum atomic E-state index is 12.3. The van der Waals surface area contributed by atoms with Crippen molar-refractivity contribution in [3.05, 3.63) is 40.7 Å². The molecule has 22 heavy (non-hydrogen) atoms. The Morgan fingerprint density at radius 2 is 1.91 bits per heavy atom. The number of carbonyl (C=O) groups is 1. The highest BCUT2D eigenvalue weighted by atomic mass is 16.5. The minimum atomic E-state index is -1.50. The summed E-state index contributed by atoms with van der Waals surface area (Å²) in [7, 11) is 2.85. The summed E-state index contributed by atoms with van der Waals surface area (Å²) in [6.07, 6.45) is 1.46. The lowest BCUT2D eigenvalue weighted by molar-refractivity contribution is 0.0691. The Hall–Kier alpha value is -2.96. The molecule has 0 aliphatic heterocycles. The molecule has 2 rings (SSSR count). The van der Waals surface area contributed by atoms with Crippen LogP contribution in [0, 0.1) is 0 Å². The zero-order valence-electron chi connectivity index (χ0n) is 12.1. The maximum Gasteiger partial charge on any atom is 0.345 e. The third-order valence-corrected chi connectivity index (χ3v) is 3.27. The van der Waals surface area contributed by atoms with E-state index >= 15 is 0 Å². The summed E-state index contributed by atoms with van der Waals surface area (Å²) in [5, 5.41) is 19.5. The lowest BCUT2D eigenvalue weighted by Gasteiger charge is -2.15. The van der Waals surface area contributed by atoms with Crippen LogP contribution in [0.3, 0.4) is 0 Å². The van der Waals surface area contributed by atoms with Crippen molar-refractivity contribution in [2.75, 3.05) is 14.2 Å². The minimum Gasteiger partial charge on any atom is -0.506 e. The van der Waals surface area contributed by atoms with Crippen molar-refractivity contribution in [2.24, 2.45) is 0 Å². The molecule has 0 unspecified atom stereocenters. The number of pyridine rings is 1. The van der Waals surface area contributed by atoms with Gasteiger partial charge in [0, 0.05) is 18.0 Å². The Bertz CT molecular complexity index is 821. The average Bonchev–Trinajstić information content (AvgIpc) is 2.49. The molecule has 116 valence electrons. The van der Waals surface area contributed by atoms with Gasteiger partial charge >= 0.3 is 5.97 Å². The molecule has 0 saturated carbocycles. The van der Waals surface area contributed by atoms with Crippen LogP contribution in [-0.4, -0.2) is 35.0 Å². The number of carboxylic acids is 1. The van der Waals surface area contributed by atoms with Crippen LogP contribution in [0.1, 0.15) is 10.4 Å². The Morgan fingerprint density at radius 1 is 1.32 bits per heavy atom.